The zero-order valence-corrected chi connectivity index (χ0v) is 17.5. The SMILES string of the molecule is O=C(O)C1(NS(=O)(=O)c2ccc(-c3ccc(Cl)cc3)cc2)CC1C1CCCCC1. The van der Waals surface area contributed by atoms with E-state index < -0.39 is 21.5 Å². The third kappa shape index (κ3) is 4.06. The number of nitrogens with one attached hydrogen (secondary N) is 1. The van der Waals surface area contributed by atoms with Gasteiger partial charge < -0.3 is 5.11 Å². The Morgan fingerprint density at radius 1 is 0.966 bits per heavy atom. The fraction of sp³-hybridized carbons (Fsp3) is 0.409. The second-order valence-corrected chi connectivity index (χ2v) is 10.2. The molecule has 0 aliphatic heterocycles. The van der Waals surface area contributed by atoms with Gasteiger partial charge in [0, 0.05) is 5.02 Å². The lowest BCUT2D eigenvalue weighted by atomic mass is 9.84. The maximum absolute atomic E-state index is 12.9. The number of carbonyl (C=O) groups is 1. The van der Waals surface area contributed by atoms with Crippen molar-refractivity contribution in [1.29, 1.82) is 0 Å². The minimum absolute atomic E-state index is 0.0742. The molecule has 2 unspecified atom stereocenters. The fourth-order valence-corrected chi connectivity index (χ4v) is 6.11. The number of halogens is 1. The van der Waals surface area contributed by atoms with Crippen molar-refractivity contribution in [3.63, 3.8) is 0 Å². The maximum Gasteiger partial charge on any atom is 0.325 e. The van der Waals surface area contributed by atoms with Gasteiger partial charge in [-0.1, -0.05) is 68.0 Å². The van der Waals surface area contributed by atoms with Crippen molar-refractivity contribution in [3.05, 3.63) is 53.6 Å². The summed E-state index contributed by atoms with van der Waals surface area (Å²) in [7, 11) is -3.93. The van der Waals surface area contributed by atoms with E-state index in [1.165, 1.54) is 18.6 Å². The molecule has 4 rings (SSSR count). The quantitative estimate of drug-likeness (QED) is 0.691. The monoisotopic (exact) mass is 433 g/mol. The van der Waals surface area contributed by atoms with Crippen LogP contribution in [0.15, 0.2) is 53.4 Å². The van der Waals surface area contributed by atoms with Crippen molar-refractivity contribution in [3.8, 4) is 11.1 Å². The van der Waals surface area contributed by atoms with E-state index in [1.54, 1.807) is 24.3 Å². The number of rotatable bonds is 6. The molecule has 0 saturated heterocycles. The molecule has 2 aliphatic carbocycles. The molecular formula is C22H24ClNO4S. The summed E-state index contributed by atoms with van der Waals surface area (Å²) in [5.74, 6) is -0.910. The van der Waals surface area contributed by atoms with Gasteiger partial charge in [-0.15, -0.1) is 0 Å². The molecule has 154 valence electrons. The van der Waals surface area contributed by atoms with Crippen molar-refractivity contribution >= 4 is 27.6 Å². The summed E-state index contributed by atoms with van der Waals surface area (Å²) in [5, 5.41) is 10.4. The number of sulfonamides is 1. The minimum Gasteiger partial charge on any atom is -0.480 e. The van der Waals surface area contributed by atoms with Gasteiger partial charge in [-0.25, -0.2) is 8.42 Å². The van der Waals surface area contributed by atoms with Crippen LogP contribution in [0.25, 0.3) is 11.1 Å². The Labute approximate surface area is 176 Å². The number of carboxylic acid groups (broad SMARTS) is 1. The summed E-state index contributed by atoms with van der Waals surface area (Å²) in [6.45, 7) is 0. The zero-order chi connectivity index (χ0) is 20.6. The highest BCUT2D eigenvalue weighted by Crippen LogP contribution is 2.53. The molecule has 7 heteroatoms. The summed E-state index contributed by atoms with van der Waals surface area (Å²) in [4.78, 5) is 12.0. The van der Waals surface area contributed by atoms with E-state index in [-0.39, 0.29) is 16.7 Å². The molecule has 5 nitrogen and oxygen atoms in total. The first-order chi connectivity index (χ1) is 13.8. The van der Waals surface area contributed by atoms with Gasteiger partial charge in [0.15, 0.2) is 0 Å². The molecule has 2 aromatic carbocycles. The van der Waals surface area contributed by atoms with Gasteiger partial charge in [0.1, 0.15) is 5.54 Å². The lowest BCUT2D eigenvalue weighted by molar-refractivity contribution is -0.140. The van der Waals surface area contributed by atoms with Crippen LogP contribution >= 0.6 is 11.6 Å². The highest BCUT2D eigenvalue weighted by atomic mass is 35.5. The molecule has 2 N–H and O–H groups in total. The first kappa shape index (κ1) is 20.4. The van der Waals surface area contributed by atoms with E-state index in [4.69, 9.17) is 11.6 Å². The van der Waals surface area contributed by atoms with E-state index in [1.807, 2.05) is 12.1 Å². The van der Waals surface area contributed by atoms with Crippen molar-refractivity contribution < 1.29 is 18.3 Å². The predicted octanol–water partition coefficient (Wildman–Crippen LogP) is 4.71. The smallest absolute Gasteiger partial charge is 0.325 e. The van der Waals surface area contributed by atoms with Gasteiger partial charge >= 0.3 is 5.97 Å². The average Bonchev–Trinajstić information content (AvgIpc) is 3.44. The third-order valence-corrected chi connectivity index (χ3v) is 8.05. The summed E-state index contributed by atoms with van der Waals surface area (Å²) < 4.78 is 28.4. The Kier molecular flexibility index (Phi) is 5.44. The van der Waals surface area contributed by atoms with Crippen LogP contribution in [0.5, 0.6) is 0 Å². The van der Waals surface area contributed by atoms with Crippen molar-refractivity contribution in [2.24, 2.45) is 11.8 Å². The van der Waals surface area contributed by atoms with Crippen LogP contribution in [-0.2, 0) is 14.8 Å². The molecular weight excluding hydrogens is 410 g/mol. The van der Waals surface area contributed by atoms with Crippen LogP contribution < -0.4 is 4.72 Å². The van der Waals surface area contributed by atoms with E-state index in [0.29, 0.717) is 11.4 Å². The second kappa shape index (κ2) is 7.74. The predicted molar refractivity (Wildman–Crippen MR) is 112 cm³/mol. The molecule has 29 heavy (non-hydrogen) atoms. The van der Waals surface area contributed by atoms with E-state index in [9.17, 15) is 18.3 Å². The van der Waals surface area contributed by atoms with Crippen LogP contribution in [-0.4, -0.2) is 25.0 Å². The largest absolute Gasteiger partial charge is 0.480 e. The molecule has 0 amide bonds. The van der Waals surface area contributed by atoms with E-state index in [2.05, 4.69) is 4.72 Å². The number of hydrogen-bond donors (Lipinski definition) is 2. The van der Waals surface area contributed by atoms with E-state index >= 15 is 0 Å². The maximum atomic E-state index is 12.9. The van der Waals surface area contributed by atoms with Crippen molar-refractivity contribution in [2.75, 3.05) is 0 Å². The summed E-state index contributed by atoms with van der Waals surface area (Å²) in [6.07, 6.45) is 5.70. The second-order valence-electron chi connectivity index (χ2n) is 8.12. The molecule has 2 saturated carbocycles. The Balaban J connectivity index is 1.53. The molecule has 2 fully saturated rings. The van der Waals surface area contributed by atoms with Gasteiger partial charge in [-0.2, -0.15) is 4.72 Å². The van der Waals surface area contributed by atoms with Gasteiger partial charge in [0.25, 0.3) is 0 Å². The molecule has 0 bridgehead atoms. The zero-order valence-electron chi connectivity index (χ0n) is 16.0. The average molecular weight is 434 g/mol. The Morgan fingerprint density at radius 3 is 2.07 bits per heavy atom. The molecule has 0 aromatic heterocycles. The molecule has 2 aromatic rings. The lowest BCUT2D eigenvalue weighted by Gasteiger charge is -2.24. The summed E-state index contributed by atoms with van der Waals surface area (Å²) in [5.41, 5.74) is 0.420. The van der Waals surface area contributed by atoms with Crippen LogP contribution in [0.3, 0.4) is 0 Å². The Morgan fingerprint density at radius 2 is 1.52 bits per heavy atom. The third-order valence-electron chi connectivity index (χ3n) is 6.27. The Hall–Kier alpha value is -1.89. The number of carboxylic acids is 1. The summed E-state index contributed by atoms with van der Waals surface area (Å²) in [6, 6.07) is 13.7. The highest BCUT2D eigenvalue weighted by molar-refractivity contribution is 7.89. The Bertz CT molecular complexity index is 998. The molecule has 0 heterocycles. The molecule has 0 radical (unpaired) electrons. The topological polar surface area (TPSA) is 83.5 Å². The lowest BCUT2D eigenvalue weighted by Crippen LogP contribution is -2.45. The van der Waals surface area contributed by atoms with Crippen LogP contribution in [0, 0.1) is 11.8 Å². The molecule has 2 atom stereocenters. The summed E-state index contributed by atoms with van der Waals surface area (Å²) >= 11 is 5.91. The van der Waals surface area contributed by atoms with Gasteiger partial charge in [-0.3, -0.25) is 4.79 Å². The van der Waals surface area contributed by atoms with Crippen molar-refractivity contribution in [2.45, 2.75) is 49.0 Å². The van der Waals surface area contributed by atoms with Crippen LogP contribution in [0.2, 0.25) is 5.02 Å². The van der Waals surface area contributed by atoms with E-state index in [0.717, 1.165) is 36.8 Å². The minimum atomic E-state index is -3.93. The molecule has 2 aliphatic rings. The number of hydrogen-bond acceptors (Lipinski definition) is 3. The first-order valence-corrected chi connectivity index (χ1v) is 11.8. The molecule has 0 spiro atoms. The van der Waals surface area contributed by atoms with Crippen molar-refractivity contribution in [1.82, 2.24) is 4.72 Å². The van der Waals surface area contributed by atoms with Gasteiger partial charge in [0.2, 0.25) is 10.0 Å². The number of benzene rings is 2. The highest BCUT2D eigenvalue weighted by Gasteiger charge is 2.64. The van der Waals surface area contributed by atoms with Crippen LogP contribution in [0.1, 0.15) is 38.5 Å². The van der Waals surface area contributed by atoms with Gasteiger partial charge in [-0.05, 0) is 53.6 Å². The van der Waals surface area contributed by atoms with Crippen LogP contribution in [0.4, 0.5) is 0 Å². The fourth-order valence-electron chi connectivity index (χ4n) is 4.57. The van der Waals surface area contributed by atoms with Gasteiger partial charge in [0.05, 0.1) is 4.90 Å². The first-order valence-electron chi connectivity index (χ1n) is 9.95. The normalized spacial score (nSPS) is 24.9. The standard InChI is InChI=1S/C22H24ClNO4S/c23-18-10-6-15(7-11-18)16-8-12-19(13-9-16)29(27,28)24-22(21(25)26)14-20(22)17-4-2-1-3-5-17/h6-13,17,20,24H,1-5,14H2,(H,25,26). The number of aliphatic carboxylic acids is 1.